The molecule has 138 valence electrons. The summed E-state index contributed by atoms with van der Waals surface area (Å²) in [5, 5.41) is 0. The fourth-order valence-corrected chi connectivity index (χ4v) is 3.24. The first-order chi connectivity index (χ1) is 13.8. The molecular formula is C26H24N2. The molecule has 0 spiro atoms. The second kappa shape index (κ2) is 8.45. The first kappa shape index (κ1) is 17.9. The highest BCUT2D eigenvalue weighted by molar-refractivity contribution is 5.77. The third kappa shape index (κ3) is 4.24. The van der Waals surface area contributed by atoms with Crippen molar-refractivity contribution in [2.75, 3.05) is 18.5 Å². The standard InChI is InChI=1S/C26H24N2/c1-27-20-18-23(19-21-27)13-12-22-14-16-26(17-15-22)28(24-8-4-2-5-9-24)25-10-6-3-7-11-25/h2-20H,21H2,1H3. The van der Waals surface area contributed by atoms with Gasteiger partial charge in [-0.3, -0.25) is 0 Å². The van der Waals surface area contributed by atoms with Gasteiger partial charge >= 0.3 is 0 Å². The summed E-state index contributed by atoms with van der Waals surface area (Å²) in [6.07, 6.45) is 10.8. The largest absolute Gasteiger partial charge is 0.377 e. The van der Waals surface area contributed by atoms with Gasteiger partial charge in [-0.1, -0.05) is 66.8 Å². The van der Waals surface area contributed by atoms with Gasteiger partial charge in [0.15, 0.2) is 0 Å². The van der Waals surface area contributed by atoms with Gasteiger partial charge in [0, 0.05) is 30.7 Å². The van der Waals surface area contributed by atoms with Crippen molar-refractivity contribution in [3.8, 4) is 0 Å². The maximum atomic E-state index is 2.27. The summed E-state index contributed by atoms with van der Waals surface area (Å²) in [6.45, 7) is 0.957. The molecule has 1 aliphatic rings. The predicted octanol–water partition coefficient (Wildman–Crippen LogP) is 6.56. The maximum Gasteiger partial charge on any atom is 0.0462 e. The van der Waals surface area contributed by atoms with Crippen LogP contribution >= 0.6 is 0 Å². The molecule has 0 aliphatic carbocycles. The molecule has 1 aliphatic heterocycles. The number of likely N-dealkylation sites (N-methyl/N-ethyl adjacent to an activating group) is 1. The van der Waals surface area contributed by atoms with Crippen molar-refractivity contribution in [2.24, 2.45) is 0 Å². The molecule has 3 aromatic rings. The quantitative estimate of drug-likeness (QED) is 0.506. The molecule has 0 saturated carbocycles. The van der Waals surface area contributed by atoms with Crippen LogP contribution < -0.4 is 4.90 Å². The van der Waals surface area contributed by atoms with Gasteiger partial charge in [0.2, 0.25) is 0 Å². The summed E-state index contributed by atoms with van der Waals surface area (Å²) in [6, 6.07) is 29.6. The van der Waals surface area contributed by atoms with Crippen LogP contribution in [0.2, 0.25) is 0 Å². The Morgan fingerprint density at radius 2 is 1.29 bits per heavy atom. The number of hydrogen-bond donors (Lipinski definition) is 0. The number of anilines is 3. The van der Waals surface area contributed by atoms with Crippen molar-refractivity contribution in [3.05, 3.63) is 120 Å². The maximum absolute atomic E-state index is 2.27. The summed E-state index contributed by atoms with van der Waals surface area (Å²) in [5.41, 5.74) is 5.89. The Labute approximate surface area is 167 Å². The molecular weight excluding hydrogens is 340 g/mol. The molecule has 0 amide bonds. The lowest BCUT2D eigenvalue weighted by atomic mass is 10.1. The van der Waals surface area contributed by atoms with E-state index in [1.165, 1.54) is 11.1 Å². The Morgan fingerprint density at radius 1 is 0.714 bits per heavy atom. The molecule has 0 radical (unpaired) electrons. The molecule has 0 N–H and O–H groups in total. The van der Waals surface area contributed by atoms with Gasteiger partial charge < -0.3 is 9.80 Å². The van der Waals surface area contributed by atoms with Gasteiger partial charge in [0.25, 0.3) is 0 Å². The second-order valence-corrected chi connectivity index (χ2v) is 6.89. The number of hydrogen-bond acceptors (Lipinski definition) is 2. The van der Waals surface area contributed by atoms with Crippen LogP contribution in [0.5, 0.6) is 0 Å². The molecule has 0 fully saturated rings. The van der Waals surface area contributed by atoms with Gasteiger partial charge in [-0.05, 0) is 59.8 Å². The average Bonchev–Trinajstić information content (AvgIpc) is 2.76. The number of benzene rings is 3. The van der Waals surface area contributed by atoms with E-state index in [1.54, 1.807) is 0 Å². The highest BCUT2D eigenvalue weighted by Gasteiger charge is 2.11. The normalized spacial score (nSPS) is 13.6. The van der Waals surface area contributed by atoms with Crippen molar-refractivity contribution < 1.29 is 0 Å². The number of nitrogens with zero attached hydrogens (tertiary/aromatic N) is 2. The van der Waals surface area contributed by atoms with Gasteiger partial charge in [-0.25, -0.2) is 0 Å². The van der Waals surface area contributed by atoms with E-state index in [1.807, 2.05) is 12.1 Å². The number of allylic oxidation sites excluding steroid dienone is 3. The summed E-state index contributed by atoms with van der Waals surface area (Å²) in [5.74, 6) is 0. The Morgan fingerprint density at radius 3 is 1.82 bits per heavy atom. The van der Waals surface area contributed by atoms with E-state index in [9.17, 15) is 0 Å². The molecule has 3 aromatic carbocycles. The summed E-state index contributed by atoms with van der Waals surface area (Å²) in [7, 11) is 2.08. The smallest absolute Gasteiger partial charge is 0.0462 e. The third-order valence-corrected chi connectivity index (χ3v) is 4.78. The van der Waals surface area contributed by atoms with E-state index in [4.69, 9.17) is 0 Å². The third-order valence-electron chi connectivity index (χ3n) is 4.78. The Hall–Kier alpha value is -3.52. The molecule has 28 heavy (non-hydrogen) atoms. The lowest BCUT2D eigenvalue weighted by Crippen LogP contribution is -2.12. The van der Waals surface area contributed by atoms with Crippen LogP contribution in [-0.4, -0.2) is 18.5 Å². The van der Waals surface area contributed by atoms with Crippen LogP contribution in [0.1, 0.15) is 5.56 Å². The molecule has 0 atom stereocenters. The zero-order chi connectivity index (χ0) is 19.2. The van der Waals surface area contributed by atoms with Crippen molar-refractivity contribution in [3.63, 3.8) is 0 Å². The summed E-state index contributed by atoms with van der Waals surface area (Å²) < 4.78 is 0. The topological polar surface area (TPSA) is 6.48 Å². The van der Waals surface area contributed by atoms with Crippen LogP contribution in [-0.2, 0) is 0 Å². The SMILES string of the molecule is CN1C=CC(C=Cc2ccc(N(c3ccccc3)c3ccccc3)cc2)=CC1. The van der Waals surface area contributed by atoms with E-state index in [0.717, 1.165) is 23.6 Å². The van der Waals surface area contributed by atoms with Crippen molar-refractivity contribution in [1.29, 1.82) is 0 Å². The van der Waals surface area contributed by atoms with Crippen LogP contribution in [0.25, 0.3) is 6.08 Å². The zero-order valence-electron chi connectivity index (χ0n) is 16.1. The molecule has 2 nitrogen and oxygen atoms in total. The Kier molecular flexibility index (Phi) is 5.39. The second-order valence-electron chi connectivity index (χ2n) is 6.89. The molecule has 0 bridgehead atoms. The monoisotopic (exact) mass is 364 g/mol. The molecule has 4 rings (SSSR count). The lowest BCUT2D eigenvalue weighted by molar-refractivity contribution is 0.503. The van der Waals surface area contributed by atoms with Crippen LogP contribution in [0.15, 0.2) is 115 Å². The van der Waals surface area contributed by atoms with E-state index in [2.05, 4.69) is 120 Å². The fourth-order valence-electron chi connectivity index (χ4n) is 3.24. The highest BCUT2D eigenvalue weighted by Crippen LogP contribution is 2.34. The van der Waals surface area contributed by atoms with Gasteiger partial charge in [0.1, 0.15) is 0 Å². The Balaban J connectivity index is 1.59. The molecule has 2 heteroatoms. The van der Waals surface area contributed by atoms with E-state index >= 15 is 0 Å². The summed E-state index contributed by atoms with van der Waals surface area (Å²) >= 11 is 0. The van der Waals surface area contributed by atoms with Crippen LogP contribution in [0.3, 0.4) is 0 Å². The molecule has 0 saturated heterocycles. The van der Waals surface area contributed by atoms with Crippen LogP contribution in [0, 0.1) is 0 Å². The molecule has 1 heterocycles. The molecule has 0 aromatic heterocycles. The Bertz CT molecular complexity index is 944. The van der Waals surface area contributed by atoms with Crippen molar-refractivity contribution in [2.45, 2.75) is 0 Å². The minimum absolute atomic E-state index is 0.957. The average molecular weight is 364 g/mol. The van der Waals surface area contributed by atoms with Crippen molar-refractivity contribution >= 4 is 23.1 Å². The number of rotatable bonds is 5. The van der Waals surface area contributed by atoms with Crippen molar-refractivity contribution in [1.82, 2.24) is 4.90 Å². The highest BCUT2D eigenvalue weighted by atomic mass is 15.1. The fraction of sp³-hybridized carbons (Fsp3) is 0.0769. The zero-order valence-corrected chi connectivity index (χ0v) is 16.1. The van der Waals surface area contributed by atoms with Gasteiger partial charge in [0.05, 0.1) is 0 Å². The minimum atomic E-state index is 0.957. The summed E-state index contributed by atoms with van der Waals surface area (Å²) in [4.78, 5) is 4.43. The first-order valence-electron chi connectivity index (χ1n) is 9.56. The first-order valence-corrected chi connectivity index (χ1v) is 9.56. The van der Waals surface area contributed by atoms with Gasteiger partial charge in [-0.2, -0.15) is 0 Å². The van der Waals surface area contributed by atoms with E-state index in [0.29, 0.717) is 0 Å². The molecule has 0 unspecified atom stereocenters. The van der Waals surface area contributed by atoms with Gasteiger partial charge in [-0.15, -0.1) is 0 Å². The lowest BCUT2D eigenvalue weighted by Gasteiger charge is -2.25. The minimum Gasteiger partial charge on any atom is -0.377 e. The van der Waals surface area contributed by atoms with E-state index < -0.39 is 0 Å². The number of para-hydroxylation sites is 2. The van der Waals surface area contributed by atoms with Crippen LogP contribution in [0.4, 0.5) is 17.1 Å². The van der Waals surface area contributed by atoms with E-state index in [-0.39, 0.29) is 0 Å². The predicted molar refractivity (Wildman–Crippen MR) is 120 cm³/mol.